The number of nitro benzene ring substituents is 1. The maximum atomic E-state index is 14.6. The Kier molecular flexibility index (Phi) is 5.68. The molecule has 0 spiro atoms. The van der Waals surface area contributed by atoms with E-state index in [1.807, 2.05) is 19.6 Å². The highest BCUT2D eigenvalue weighted by Gasteiger charge is 2.27. The van der Waals surface area contributed by atoms with Gasteiger partial charge in [-0.05, 0) is 29.3 Å². The summed E-state index contributed by atoms with van der Waals surface area (Å²) >= 11 is 0. The fourth-order valence-electron chi connectivity index (χ4n) is 2.46. The molecular weight excluding hydrogens is 356 g/mol. The van der Waals surface area contributed by atoms with Crippen molar-refractivity contribution in [2.45, 2.75) is 26.1 Å². The van der Waals surface area contributed by atoms with Crippen LogP contribution >= 0.6 is 0 Å². The average Bonchev–Trinajstić information content (AvgIpc) is 2.52. The summed E-state index contributed by atoms with van der Waals surface area (Å²) in [4.78, 5) is 22.0. The molecule has 0 aliphatic rings. The smallest absolute Gasteiger partial charge is 0.295 e. The van der Waals surface area contributed by atoms with Gasteiger partial charge in [-0.1, -0.05) is 37.7 Å². The van der Waals surface area contributed by atoms with Gasteiger partial charge in [0.25, 0.3) is 5.69 Å². The number of benzene rings is 2. The van der Waals surface area contributed by atoms with Crippen LogP contribution < -0.4 is 0 Å². The molecule has 0 aliphatic carbocycles. The molecule has 26 heavy (non-hydrogen) atoms. The second kappa shape index (κ2) is 7.58. The van der Waals surface area contributed by atoms with Crippen molar-refractivity contribution in [3.63, 3.8) is 0 Å². The standard InChI is InChI=1S/C19H17F2NO3Si/c1-26(2,3)10-8-16-17(21)12-14(7-9-23)18(19(16)22(24)25)13-5-4-6-15(20)11-13/h4-6,9,11-12H,7H2,1-3H3. The van der Waals surface area contributed by atoms with Crippen LogP contribution in [0.1, 0.15) is 11.1 Å². The molecule has 0 aliphatic heterocycles. The molecule has 0 amide bonds. The van der Waals surface area contributed by atoms with E-state index in [4.69, 9.17) is 0 Å². The molecule has 0 heterocycles. The topological polar surface area (TPSA) is 60.2 Å². The largest absolute Gasteiger partial charge is 0.303 e. The molecule has 0 saturated heterocycles. The first-order valence-corrected chi connectivity index (χ1v) is 11.4. The number of nitro groups is 1. The van der Waals surface area contributed by atoms with Gasteiger partial charge in [0, 0.05) is 6.42 Å². The minimum absolute atomic E-state index is 0.0166. The van der Waals surface area contributed by atoms with E-state index >= 15 is 0 Å². The minimum Gasteiger partial charge on any atom is -0.303 e. The maximum Gasteiger partial charge on any atom is 0.295 e. The van der Waals surface area contributed by atoms with Gasteiger partial charge in [-0.2, -0.15) is 0 Å². The lowest BCUT2D eigenvalue weighted by atomic mass is 9.93. The SMILES string of the molecule is C[Si](C)(C)C#Cc1c(F)cc(CC=O)c(-c2cccc(F)c2)c1[N+](=O)[O-]. The van der Waals surface area contributed by atoms with Crippen molar-refractivity contribution in [1.29, 1.82) is 0 Å². The molecule has 0 bridgehead atoms. The zero-order valence-electron chi connectivity index (χ0n) is 14.6. The predicted molar refractivity (Wildman–Crippen MR) is 98.4 cm³/mol. The maximum absolute atomic E-state index is 14.6. The number of carbonyl (C=O) groups is 1. The van der Waals surface area contributed by atoms with Crippen LogP contribution in [-0.4, -0.2) is 19.3 Å². The van der Waals surface area contributed by atoms with Crippen LogP contribution in [0.3, 0.4) is 0 Å². The van der Waals surface area contributed by atoms with E-state index in [9.17, 15) is 23.7 Å². The highest BCUT2D eigenvalue weighted by Crippen LogP contribution is 2.38. The van der Waals surface area contributed by atoms with Crippen LogP contribution in [0.2, 0.25) is 19.6 Å². The van der Waals surface area contributed by atoms with Gasteiger partial charge in [0.1, 0.15) is 31.6 Å². The van der Waals surface area contributed by atoms with E-state index in [2.05, 4.69) is 11.5 Å². The Morgan fingerprint density at radius 1 is 1.23 bits per heavy atom. The first-order valence-electron chi connectivity index (χ1n) is 7.86. The van der Waals surface area contributed by atoms with Crippen molar-refractivity contribution in [3.05, 3.63) is 63.2 Å². The van der Waals surface area contributed by atoms with Crippen LogP contribution in [0.25, 0.3) is 11.1 Å². The Bertz CT molecular complexity index is 940. The Labute approximate surface area is 151 Å². The lowest BCUT2D eigenvalue weighted by Gasteiger charge is -2.12. The molecule has 0 saturated carbocycles. The number of carbonyl (C=O) groups excluding carboxylic acids is 1. The number of hydrogen-bond donors (Lipinski definition) is 0. The normalized spacial score (nSPS) is 10.8. The van der Waals surface area contributed by atoms with E-state index in [0.29, 0.717) is 6.29 Å². The van der Waals surface area contributed by atoms with Gasteiger partial charge in [-0.15, -0.1) is 5.54 Å². The van der Waals surface area contributed by atoms with Crippen molar-refractivity contribution in [2.75, 3.05) is 0 Å². The van der Waals surface area contributed by atoms with E-state index < -0.39 is 30.3 Å². The molecule has 0 unspecified atom stereocenters. The predicted octanol–water partition coefficient (Wildman–Crippen LogP) is 4.51. The third-order valence-electron chi connectivity index (χ3n) is 3.50. The second-order valence-electron chi connectivity index (χ2n) is 6.75. The Hall–Kier alpha value is -2.85. The van der Waals surface area contributed by atoms with Gasteiger partial charge in [0.05, 0.1) is 10.5 Å². The van der Waals surface area contributed by atoms with E-state index in [-0.39, 0.29) is 28.7 Å². The van der Waals surface area contributed by atoms with Crippen molar-refractivity contribution in [1.82, 2.24) is 0 Å². The summed E-state index contributed by atoms with van der Waals surface area (Å²) in [5.41, 5.74) is 2.37. The van der Waals surface area contributed by atoms with Gasteiger partial charge < -0.3 is 4.79 Å². The Morgan fingerprint density at radius 2 is 1.92 bits per heavy atom. The summed E-state index contributed by atoms with van der Waals surface area (Å²) < 4.78 is 28.2. The molecule has 0 N–H and O–H groups in total. The van der Waals surface area contributed by atoms with Crippen LogP contribution in [0.15, 0.2) is 30.3 Å². The number of nitrogens with zero attached hydrogens (tertiary/aromatic N) is 1. The highest BCUT2D eigenvalue weighted by molar-refractivity contribution is 6.83. The number of aldehydes is 1. The molecule has 2 rings (SSSR count). The van der Waals surface area contributed by atoms with Gasteiger partial charge >= 0.3 is 0 Å². The van der Waals surface area contributed by atoms with Crippen LogP contribution in [0.4, 0.5) is 14.5 Å². The summed E-state index contributed by atoms with van der Waals surface area (Å²) in [5.74, 6) is 1.16. The fraction of sp³-hybridized carbons (Fsp3) is 0.211. The molecule has 0 radical (unpaired) electrons. The first kappa shape index (κ1) is 19.5. The quantitative estimate of drug-likeness (QED) is 0.260. The summed E-state index contributed by atoms with van der Waals surface area (Å²) in [6.45, 7) is 5.79. The van der Waals surface area contributed by atoms with Crippen molar-refractivity contribution in [3.8, 4) is 22.6 Å². The lowest BCUT2D eigenvalue weighted by Crippen LogP contribution is -2.16. The van der Waals surface area contributed by atoms with Crippen molar-refractivity contribution < 1.29 is 18.5 Å². The molecule has 0 fully saturated rings. The number of rotatable bonds is 4. The van der Waals surface area contributed by atoms with Gasteiger partial charge in [-0.25, -0.2) is 8.78 Å². The minimum atomic E-state index is -1.92. The molecule has 2 aromatic carbocycles. The van der Waals surface area contributed by atoms with Crippen molar-refractivity contribution in [2.24, 2.45) is 0 Å². The van der Waals surface area contributed by atoms with E-state index in [1.165, 1.54) is 18.2 Å². The van der Waals surface area contributed by atoms with Crippen molar-refractivity contribution >= 4 is 20.0 Å². The third kappa shape index (κ3) is 4.40. The molecule has 0 aromatic heterocycles. The third-order valence-corrected chi connectivity index (χ3v) is 4.37. The van der Waals surface area contributed by atoms with Crippen LogP contribution in [0.5, 0.6) is 0 Å². The van der Waals surface area contributed by atoms with Gasteiger partial charge in [0.15, 0.2) is 0 Å². The summed E-state index contributed by atoms with van der Waals surface area (Å²) in [5, 5.41) is 11.7. The zero-order chi connectivity index (χ0) is 19.5. The van der Waals surface area contributed by atoms with Crippen LogP contribution in [0, 0.1) is 33.2 Å². The average molecular weight is 373 g/mol. The highest BCUT2D eigenvalue weighted by atomic mass is 28.3. The van der Waals surface area contributed by atoms with Crippen LogP contribution in [-0.2, 0) is 11.2 Å². The Balaban J connectivity index is 2.91. The Morgan fingerprint density at radius 3 is 2.46 bits per heavy atom. The summed E-state index contributed by atoms with van der Waals surface area (Å²) in [6, 6.07) is 6.26. The zero-order valence-corrected chi connectivity index (χ0v) is 15.6. The summed E-state index contributed by atoms with van der Waals surface area (Å²) in [6.07, 6.45) is 0.292. The number of hydrogen-bond acceptors (Lipinski definition) is 3. The molecule has 7 heteroatoms. The molecule has 2 aromatic rings. The molecule has 4 nitrogen and oxygen atoms in total. The van der Waals surface area contributed by atoms with Gasteiger partial charge in [-0.3, -0.25) is 10.1 Å². The van der Waals surface area contributed by atoms with E-state index in [1.54, 1.807) is 0 Å². The first-order chi connectivity index (χ1) is 12.1. The number of halogens is 2. The monoisotopic (exact) mass is 373 g/mol. The van der Waals surface area contributed by atoms with Gasteiger partial charge in [0.2, 0.25) is 0 Å². The van der Waals surface area contributed by atoms with E-state index in [0.717, 1.165) is 12.1 Å². The summed E-state index contributed by atoms with van der Waals surface area (Å²) in [7, 11) is -1.92. The molecule has 134 valence electrons. The lowest BCUT2D eigenvalue weighted by molar-refractivity contribution is -0.384. The fourth-order valence-corrected chi connectivity index (χ4v) is 2.96. The molecule has 0 atom stereocenters. The second-order valence-corrected chi connectivity index (χ2v) is 11.5. The molecular formula is C19H17F2NO3Si.